The number of phenolic OH excluding ortho intramolecular Hbond substituents is 1. The van der Waals surface area contributed by atoms with Gasteiger partial charge in [0.15, 0.2) is 5.96 Å². The molecule has 1 aliphatic heterocycles. The minimum Gasteiger partial charge on any atom is -0.507 e. The van der Waals surface area contributed by atoms with E-state index in [1.807, 2.05) is 67.6 Å². The van der Waals surface area contributed by atoms with Crippen molar-refractivity contribution in [3.8, 4) is 17.2 Å². The molecule has 4 aromatic carbocycles. The van der Waals surface area contributed by atoms with Gasteiger partial charge in [-0.1, -0.05) is 36.4 Å². The molecule has 0 aliphatic carbocycles. The molecule has 5 rings (SSSR count). The van der Waals surface area contributed by atoms with Crippen molar-refractivity contribution < 1.29 is 19.4 Å². The first-order valence-corrected chi connectivity index (χ1v) is 13.5. The fourth-order valence-corrected chi connectivity index (χ4v) is 5.03. The fourth-order valence-electron chi connectivity index (χ4n) is 5.03. The van der Waals surface area contributed by atoms with Crippen LogP contribution in [0, 0.1) is 6.92 Å². The van der Waals surface area contributed by atoms with Crippen LogP contribution in [0.2, 0.25) is 0 Å². The summed E-state index contributed by atoms with van der Waals surface area (Å²) >= 11 is 0. The third kappa shape index (κ3) is 6.95. The Morgan fingerprint density at radius 2 is 1.76 bits per heavy atom. The zero-order valence-corrected chi connectivity index (χ0v) is 24.4. The first-order valence-electron chi connectivity index (χ1n) is 13.5. The van der Waals surface area contributed by atoms with Gasteiger partial charge in [0, 0.05) is 34.5 Å². The van der Waals surface area contributed by atoms with E-state index in [0.717, 1.165) is 46.1 Å². The number of rotatable bonds is 8. The highest BCUT2D eigenvalue weighted by Gasteiger charge is 2.34. The number of nitrogens with two attached hydrogens (primary N) is 2. The highest BCUT2D eigenvalue weighted by molar-refractivity contribution is 6.02. The van der Waals surface area contributed by atoms with Crippen molar-refractivity contribution in [1.29, 1.82) is 0 Å². The van der Waals surface area contributed by atoms with Crippen LogP contribution in [0.5, 0.6) is 17.2 Å². The summed E-state index contributed by atoms with van der Waals surface area (Å²) < 4.78 is 12.6. The average molecular weight is 587 g/mol. The van der Waals surface area contributed by atoms with Crippen LogP contribution in [0.1, 0.15) is 36.5 Å². The molecule has 1 heterocycles. The number of anilines is 1. The second-order valence-electron chi connectivity index (χ2n) is 10.5. The SMILES string of the molecule is Cc1c2c(c3ccccc3c1O)OC(C)(CCOc1ccc(NC(=O)/C=C/c3ccc(N=C(N)N)cc3)cc1)CC2.Cl. The molecular formula is C33H35ClN4O4. The Morgan fingerprint density at radius 1 is 1.07 bits per heavy atom. The van der Waals surface area contributed by atoms with E-state index >= 15 is 0 Å². The van der Waals surface area contributed by atoms with E-state index < -0.39 is 0 Å². The van der Waals surface area contributed by atoms with Gasteiger partial charge >= 0.3 is 0 Å². The highest BCUT2D eigenvalue weighted by atomic mass is 35.5. The van der Waals surface area contributed by atoms with Crippen molar-refractivity contribution in [1.82, 2.24) is 0 Å². The van der Waals surface area contributed by atoms with E-state index in [1.54, 1.807) is 18.2 Å². The summed E-state index contributed by atoms with van der Waals surface area (Å²) in [6.45, 7) is 4.55. The van der Waals surface area contributed by atoms with E-state index in [1.165, 1.54) is 6.08 Å². The zero-order chi connectivity index (χ0) is 29.0. The maximum atomic E-state index is 12.4. The third-order valence-electron chi connectivity index (χ3n) is 7.36. The predicted molar refractivity (Wildman–Crippen MR) is 171 cm³/mol. The molecule has 0 saturated heterocycles. The summed E-state index contributed by atoms with van der Waals surface area (Å²) in [5.74, 6) is 1.66. The van der Waals surface area contributed by atoms with E-state index in [2.05, 4.69) is 17.2 Å². The third-order valence-corrected chi connectivity index (χ3v) is 7.36. The second-order valence-corrected chi connectivity index (χ2v) is 10.5. The maximum absolute atomic E-state index is 12.4. The summed E-state index contributed by atoms with van der Waals surface area (Å²) in [5.41, 5.74) is 14.5. The van der Waals surface area contributed by atoms with Crippen LogP contribution >= 0.6 is 12.4 Å². The molecule has 9 heteroatoms. The van der Waals surface area contributed by atoms with Gasteiger partial charge < -0.3 is 31.4 Å². The van der Waals surface area contributed by atoms with Gasteiger partial charge in [-0.3, -0.25) is 4.79 Å². The second kappa shape index (κ2) is 12.9. The zero-order valence-electron chi connectivity index (χ0n) is 23.6. The number of nitrogens with one attached hydrogen (secondary N) is 1. The topological polar surface area (TPSA) is 132 Å². The van der Waals surface area contributed by atoms with Gasteiger partial charge in [0.25, 0.3) is 0 Å². The minimum atomic E-state index is -0.384. The van der Waals surface area contributed by atoms with Gasteiger partial charge in [-0.15, -0.1) is 12.4 Å². The largest absolute Gasteiger partial charge is 0.507 e. The number of halogens is 1. The van der Waals surface area contributed by atoms with Crippen molar-refractivity contribution in [3.05, 3.63) is 95.6 Å². The molecule has 1 atom stereocenters. The molecule has 0 fully saturated rings. The summed E-state index contributed by atoms with van der Waals surface area (Å²) in [6, 6.07) is 22.3. The number of nitrogens with zero attached hydrogens (tertiary/aromatic N) is 1. The Balaban J connectivity index is 0.00000405. The number of hydrogen-bond donors (Lipinski definition) is 4. The Hall–Kier alpha value is -4.69. The van der Waals surface area contributed by atoms with E-state index in [9.17, 15) is 9.90 Å². The van der Waals surface area contributed by atoms with E-state index in [4.69, 9.17) is 20.9 Å². The number of hydrogen-bond acceptors (Lipinski definition) is 5. The lowest BCUT2D eigenvalue weighted by Crippen LogP contribution is -2.38. The van der Waals surface area contributed by atoms with Gasteiger partial charge in [0.05, 0.1) is 12.3 Å². The number of guanidine groups is 1. The molecule has 0 radical (unpaired) electrons. The Kier molecular flexibility index (Phi) is 9.28. The molecular weight excluding hydrogens is 552 g/mol. The maximum Gasteiger partial charge on any atom is 0.248 e. The van der Waals surface area contributed by atoms with E-state index in [0.29, 0.717) is 35.9 Å². The lowest BCUT2D eigenvalue weighted by Gasteiger charge is -2.37. The van der Waals surface area contributed by atoms with Gasteiger partial charge in [0.2, 0.25) is 5.91 Å². The van der Waals surface area contributed by atoms with Crippen molar-refractivity contribution in [2.45, 2.75) is 38.7 Å². The molecule has 0 aromatic heterocycles. The molecule has 218 valence electrons. The smallest absolute Gasteiger partial charge is 0.248 e. The molecule has 6 N–H and O–H groups in total. The lowest BCUT2D eigenvalue weighted by atomic mass is 9.86. The standard InChI is InChI=1S/C33H34N4O4.ClH/c1-21-26-17-18-33(2,41-31(26)28-6-4-3-5-27(28)30(21)39)19-20-40-25-14-12-23(13-15-25)36-29(38)16-9-22-7-10-24(11-8-22)37-32(34)35;/h3-16,39H,17-20H2,1-2H3,(H,36,38)(H4,34,35,37);1H/b16-9+;. The van der Waals surface area contributed by atoms with Crippen LogP contribution in [0.15, 0.2) is 83.9 Å². The normalized spacial score (nSPS) is 15.8. The molecule has 4 aromatic rings. The Morgan fingerprint density at radius 3 is 2.45 bits per heavy atom. The molecule has 1 aliphatic rings. The molecule has 0 saturated carbocycles. The molecule has 0 spiro atoms. The Labute approximate surface area is 251 Å². The van der Waals surface area contributed by atoms with Crippen molar-refractivity contribution in [2.24, 2.45) is 16.5 Å². The monoisotopic (exact) mass is 586 g/mol. The molecule has 1 amide bonds. The minimum absolute atomic E-state index is 0. The number of ether oxygens (including phenoxy) is 2. The number of carbonyl (C=O) groups is 1. The predicted octanol–water partition coefficient (Wildman–Crippen LogP) is 6.39. The Bertz CT molecular complexity index is 1630. The summed E-state index contributed by atoms with van der Waals surface area (Å²) in [7, 11) is 0. The van der Waals surface area contributed by atoms with Crippen LogP contribution in [0.4, 0.5) is 11.4 Å². The molecule has 0 bridgehead atoms. The quantitative estimate of drug-likeness (QED) is 0.107. The number of carbonyl (C=O) groups excluding carboxylic acids is 1. The number of aliphatic imine (C=N–C) groups is 1. The van der Waals surface area contributed by atoms with Gasteiger partial charge in [-0.05, 0) is 80.3 Å². The first-order chi connectivity index (χ1) is 19.7. The van der Waals surface area contributed by atoms with Crippen molar-refractivity contribution in [3.63, 3.8) is 0 Å². The number of phenols is 1. The molecule has 1 unspecified atom stereocenters. The van der Waals surface area contributed by atoms with E-state index in [-0.39, 0.29) is 29.9 Å². The van der Waals surface area contributed by atoms with Gasteiger partial charge in [0.1, 0.15) is 22.8 Å². The number of fused-ring (bicyclic) bond motifs is 3. The fraction of sp³-hybridized carbons (Fsp3) is 0.212. The van der Waals surface area contributed by atoms with Crippen LogP contribution in [0.3, 0.4) is 0 Å². The summed E-state index contributed by atoms with van der Waals surface area (Å²) in [5, 5.41) is 15.3. The van der Waals surface area contributed by atoms with Gasteiger partial charge in [-0.25, -0.2) is 4.99 Å². The molecule has 8 nitrogen and oxygen atoms in total. The first kappa shape index (κ1) is 30.3. The highest BCUT2D eigenvalue weighted by Crippen LogP contribution is 2.45. The summed E-state index contributed by atoms with van der Waals surface area (Å²) in [6.07, 6.45) is 5.56. The average Bonchev–Trinajstić information content (AvgIpc) is 2.96. The van der Waals surface area contributed by atoms with Crippen LogP contribution < -0.4 is 26.3 Å². The number of aromatic hydroxyl groups is 1. The molecule has 42 heavy (non-hydrogen) atoms. The summed E-state index contributed by atoms with van der Waals surface area (Å²) in [4.78, 5) is 16.3. The van der Waals surface area contributed by atoms with Crippen LogP contribution in [-0.4, -0.2) is 29.2 Å². The number of amides is 1. The van der Waals surface area contributed by atoms with Crippen molar-refractivity contribution >= 4 is 52.5 Å². The van der Waals surface area contributed by atoms with Gasteiger partial charge in [-0.2, -0.15) is 0 Å². The lowest BCUT2D eigenvalue weighted by molar-refractivity contribution is -0.111. The van der Waals surface area contributed by atoms with Crippen LogP contribution in [-0.2, 0) is 11.2 Å². The van der Waals surface area contributed by atoms with Crippen LogP contribution in [0.25, 0.3) is 16.8 Å². The van der Waals surface area contributed by atoms with Crippen molar-refractivity contribution in [2.75, 3.05) is 11.9 Å². The number of benzene rings is 4.